The van der Waals surface area contributed by atoms with Crippen LogP contribution in [0.5, 0.6) is 0 Å². The summed E-state index contributed by atoms with van der Waals surface area (Å²) in [6, 6.07) is -0.354. The van der Waals surface area contributed by atoms with Gasteiger partial charge in [-0.2, -0.15) is 5.10 Å². The monoisotopic (exact) mass is 208 g/mol. The van der Waals surface area contributed by atoms with Gasteiger partial charge in [0.05, 0.1) is 23.1 Å². The number of aromatic nitrogens is 2. The third-order valence-electron chi connectivity index (χ3n) is 2.84. The van der Waals surface area contributed by atoms with E-state index in [4.69, 9.17) is 5.73 Å². The molecular formula is C10H16N4O. The summed E-state index contributed by atoms with van der Waals surface area (Å²) in [5.74, 6) is 0.00819. The Morgan fingerprint density at radius 1 is 1.53 bits per heavy atom. The molecule has 2 rings (SSSR count). The SMILES string of the molecule is Cc1n[nH]c(C)c1N1CCCC(N)C1=O. The number of aryl methyl sites for hydroxylation is 2. The molecule has 82 valence electrons. The van der Waals surface area contributed by atoms with Gasteiger partial charge in [-0.15, -0.1) is 0 Å². The van der Waals surface area contributed by atoms with E-state index in [1.54, 1.807) is 4.90 Å². The molecule has 0 bridgehead atoms. The number of piperidine rings is 1. The topological polar surface area (TPSA) is 75.0 Å². The Kier molecular flexibility index (Phi) is 2.48. The normalized spacial score (nSPS) is 22.2. The van der Waals surface area contributed by atoms with Gasteiger partial charge in [0.25, 0.3) is 0 Å². The van der Waals surface area contributed by atoms with Crippen LogP contribution in [0.4, 0.5) is 5.69 Å². The number of hydrogen-bond acceptors (Lipinski definition) is 3. The highest BCUT2D eigenvalue weighted by atomic mass is 16.2. The predicted octanol–water partition coefficient (Wildman–Crippen LogP) is 0.481. The van der Waals surface area contributed by atoms with Crippen LogP contribution in [-0.2, 0) is 4.79 Å². The van der Waals surface area contributed by atoms with Crippen LogP contribution in [0.1, 0.15) is 24.2 Å². The van der Waals surface area contributed by atoms with Gasteiger partial charge < -0.3 is 10.6 Å². The number of amides is 1. The fraction of sp³-hybridized carbons (Fsp3) is 0.600. The highest BCUT2D eigenvalue weighted by Gasteiger charge is 2.29. The molecule has 0 aliphatic carbocycles. The maximum atomic E-state index is 11.9. The Morgan fingerprint density at radius 3 is 2.87 bits per heavy atom. The molecule has 2 heterocycles. The standard InChI is InChI=1S/C10H16N4O/c1-6-9(7(2)13-12-6)14-5-3-4-8(11)10(14)15/h8H,3-5,11H2,1-2H3,(H,12,13). The van der Waals surface area contributed by atoms with Gasteiger partial charge in [0, 0.05) is 6.54 Å². The third-order valence-corrected chi connectivity index (χ3v) is 2.84. The van der Waals surface area contributed by atoms with Crippen molar-refractivity contribution in [3.8, 4) is 0 Å². The minimum atomic E-state index is -0.354. The molecule has 1 fully saturated rings. The lowest BCUT2D eigenvalue weighted by atomic mass is 10.0. The van der Waals surface area contributed by atoms with Gasteiger partial charge in [-0.1, -0.05) is 0 Å². The summed E-state index contributed by atoms with van der Waals surface area (Å²) in [6.45, 7) is 4.56. The second kappa shape index (κ2) is 3.66. The van der Waals surface area contributed by atoms with E-state index in [9.17, 15) is 4.79 Å². The number of hydrogen-bond donors (Lipinski definition) is 2. The molecule has 1 aromatic rings. The molecule has 1 amide bonds. The van der Waals surface area contributed by atoms with Crippen molar-refractivity contribution in [1.29, 1.82) is 0 Å². The summed E-state index contributed by atoms with van der Waals surface area (Å²) in [6.07, 6.45) is 1.74. The van der Waals surface area contributed by atoms with Gasteiger partial charge in [0.15, 0.2) is 0 Å². The largest absolute Gasteiger partial charge is 0.320 e. The Hall–Kier alpha value is -1.36. The maximum absolute atomic E-state index is 11.9. The molecule has 0 radical (unpaired) electrons. The van der Waals surface area contributed by atoms with E-state index >= 15 is 0 Å². The molecule has 5 heteroatoms. The number of rotatable bonds is 1. The van der Waals surface area contributed by atoms with Crippen molar-refractivity contribution in [3.05, 3.63) is 11.4 Å². The molecule has 0 aromatic carbocycles. The minimum absolute atomic E-state index is 0.00819. The molecule has 1 atom stereocenters. The number of nitrogens with two attached hydrogens (primary N) is 1. The molecule has 0 saturated carbocycles. The molecule has 15 heavy (non-hydrogen) atoms. The van der Waals surface area contributed by atoms with E-state index in [1.807, 2.05) is 13.8 Å². The van der Waals surface area contributed by atoms with Gasteiger partial charge in [-0.25, -0.2) is 0 Å². The zero-order valence-corrected chi connectivity index (χ0v) is 9.08. The van der Waals surface area contributed by atoms with Crippen molar-refractivity contribution >= 4 is 11.6 Å². The van der Waals surface area contributed by atoms with Gasteiger partial charge in [0.1, 0.15) is 0 Å². The summed E-state index contributed by atoms with van der Waals surface area (Å²) in [4.78, 5) is 13.6. The fourth-order valence-corrected chi connectivity index (χ4v) is 2.07. The van der Waals surface area contributed by atoms with E-state index in [2.05, 4.69) is 10.2 Å². The lowest BCUT2D eigenvalue weighted by Gasteiger charge is -2.30. The number of aromatic amines is 1. The Bertz CT molecular complexity index is 365. The number of nitrogens with one attached hydrogen (secondary N) is 1. The smallest absolute Gasteiger partial charge is 0.243 e. The van der Waals surface area contributed by atoms with E-state index in [0.29, 0.717) is 0 Å². The van der Waals surface area contributed by atoms with Crippen molar-refractivity contribution in [2.45, 2.75) is 32.7 Å². The molecule has 1 aromatic heterocycles. The molecule has 1 unspecified atom stereocenters. The number of carbonyl (C=O) groups excluding carboxylic acids is 1. The van der Waals surface area contributed by atoms with Crippen molar-refractivity contribution in [1.82, 2.24) is 10.2 Å². The molecule has 0 spiro atoms. The Labute approximate surface area is 88.6 Å². The zero-order valence-electron chi connectivity index (χ0n) is 9.08. The number of nitrogens with zero attached hydrogens (tertiary/aromatic N) is 2. The highest BCUT2D eigenvalue weighted by molar-refractivity contribution is 5.98. The average Bonchev–Trinajstić information content (AvgIpc) is 2.52. The molecule has 3 N–H and O–H groups in total. The predicted molar refractivity (Wildman–Crippen MR) is 57.6 cm³/mol. The van der Waals surface area contributed by atoms with Crippen LogP contribution in [0, 0.1) is 13.8 Å². The summed E-state index contributed by atoms with van der Waals surface area (Å²) < 4.78 is 0. The van der Waals surface area contributed by atoms with Gasteiger partial charge in [-0.05, 0) is 26.7 Å². The van der Waals surface area contributed by atoms with Gasteiger partial charge in [-0.3, -0.25) is 9.89 Å². The van der Waals surface area contributed by atoms with Crippen molar-refractivity contribution < 1.29 is 4.79 Å². The summed E-state index contributed by atoms with van der Waals surface area (Å²) in [5, 5.41) is 6.98. The van der Waals surface area contributed by atoms with E-state index < -0.39 is 0 Å². The molecular weight excluding hydrogens is 192 g/mol. The van der Waals surface area contributed by atoms with Crippen LogP contribution in [0.3, 0.4) is 0 Å². The fourth-order valence-electron chi connectivity index (χ4n) is 2.07. The second-order valence-electron chi connectivity index (χ2n) is 4.02. The van der Waals surface area contributed by atoms with E-state index in [-0.39, 0.29) is 11.9 Å². The third kappa shape index (κ3) is 1.63. The minimum Gasteiger partial charge on any atom is -0.320 e. The molecule has 1 saturated heterocycles. The molecule has 1 aliphatic rings. The first-order valence-electron chi connectivity index (χ1n) is 5.20. The first kappa shape index (κ1) is 10.2. The Morgan fingerprint density at radius 2 is 2.27 bits per heavy atom. The lowest BCUT2D eigenvalue weighted by Crippen LogP contribution is -2.48. The van der Waals surface area contributed by atoms with Crippen molar-refractivity contribution in [2.24, 2.45) is 5.73 Å². The number of carbonyl (C=O) groups is 1. The number of H-pyrrole nitrogens is 1. The van der Waals surface area contributed by atoms with Crippen LogP contribution in [0.2, 0.25) is 0 Å². The Balaban J connectivity index is 2.34. The number of anilines is 1. The van der Waals surface area contributed by atoms with Gasteiger partial charge >= 0.3 is 0 Å². The zero-order chi connectivity index (χ0) is 11.0. The van der Waals surface area contributed by atoms with Crippen LogP contribution < -0.4 is 10.6 Å². The lowest BCUT2D eigenvalue weighted by molar-refractivity contribution is -0.120. The maximum Gasteiger partial charge on any atom is 0.243 e. The van der Waals surface area contributed by atoms with Crippen LogP contribution in [0.15, 0.2) is 0 Å². The first-order valence-corrected chi connectivity index (χ1v) is 5.20. The van der Waals surface area contributed by atoms with E-state index in [1.165, 1.54) is 0 Å². The molecule has 1 aliphatic heterocycles. The quantitative estimate of drug-likeness (QED) is 0.705. The highest BCUT2D eigenvalue weighted by Crippen LogP contribution is 2.25. The van der Waals surface area contributed by atoms with Crippen molar-refractivity contribution in [3.63, 3.8) is 0 Å². The summed E-state index contributed by atoms with van der Waals surface area (Å²) in [5.41, 5.74) is 8.43. The summed E-state index contributed by atoms with van der Waals surface area (Å²) >= 11 is 0. The second-order valence-corrected chi connectivity index (χ2v) is 4.02. The van der Waals surface area contributed by atoms with Crippen LogP contribution >= 0.6 is 0 Å². The molecule has 5 nitrogen and oxygen atoms in total. The van der Waals surface area contributed by atoms with E-state index in [0.717, 1.165) is 36.5 Å². The first-order chi connectivity index (χ1) is 7.11. The van der Waals surface area contributed by atoms with Crippen LogP contribution in [-0.4, -0.2) is 28.7 Å². The van der Waals surface area contributed by atoms with Gasteiger partial charge in [0.2, 0.25) is 5.91 Å². The average molecular weight is 208 g/mol. The van der Waals surface area contributed by atoms with Crippen LogP contribution in [0.25, 0.3) is 0 Å². The van der Waals surface area contributed by atoms with Crippen molar-refractivity contribution in [2.75, 3.05) is 11.4 Å². The summed E-state index contributed by atoms with van der Waals surface area (Å²) in [7, 11) is 0.